The number of anilines is 6. The van der Waals surface area contributed by atoms with Gasteiger partial charge in [0.2, 0.25) is 0 Å². The highest BCUT2D eigenvalue weighted by atomic mass is 32.1. The normalized spacial score (nSPS) is 14.5. The van der Waals surface area contributed by atoms with Crippen molar-refractivity contribution in [1.29, 1.82) is 0 Å². The molecule has 3 heterocycles. The molecule has 0 N–H and O–H groups in total. The predicted octanol–water partition coefficient (Wildman–Crippen LogP) is 18.9. The van der Waals surface area contributed by atoms with Crippen LogP contribution in [0, 0.1) is 0 Å². The molecule has 0 saturated carbocycles. The van der Waals surface area contributed by atoms with Gasteiger partial charge in [-0.05, 0) is 124 Å². The number of hydrogen-bond acceptors (Lipinski definition) is 5. The summed E-state index contributed by atoms with van der Waals surface area (Å²) in [6.07, 6.45) is 0. The second-order valence-corrected chi connectivity index (χ2v) is 21.1. The molecular weight excluding hydrogens is 881 g/mol. The minimum absolute atomic E-state index is 0.575. The van der Waals surface area contributed by atoms with Gasteiger partial charge in [0.25, 0.3) is 0 Å². The molecule has 0 radical (unpaired) electrons. The largest absolute Gasteiger partial charge is 0.310 e. The molecule has 3 aromatic heterocycles. The van der Waals surface area contributed by atoms with Crippen molar-refractivity contribution in [2.45, 2.75) is 5.41 Å². The van der Waals surface area contributed by atoms with Crippen molar-refractivity contribution in [3.8, 4) is 22.3 Å². The van der Waals surface area contributed by atoms with Gasteiger partial charge in [0.15, 0.2) is 0 Å². The molecule has 1 atom stereocenters. The highest BCUT2D eigenvalue weighted by Gasteiger charge is 2.54. The molecule has 2 aliphatic rings. The third-order valence-corrected chi connectivity index (χ3v) is 18.1. The van der Waals surface area contributed by atoms with Gasteiger partial charge in [-0.25, -0.2) is 0 Å². The Balaban J connectivity index is 1.01. The van der Waals surface area contributed by atoms with Gasteiger partial charge >= 0.3 is 0 Å². The number of hydrogen-bond donors (Lipinski definition) is 0. The van der Waals surface area contributed by atoms with Crippen LogP contribution in [0.15, 0.2) is 231 Å². The molecule has 0 saturated heterocycles. The molecule has 15 rings (SSSR count). The highest BCUT2D eigenvalue weighted by Crippen LogP contribution is 2.67. The maximum absolute atomic E-state index is 2.54. The van der Waals surface area contributed by atoms with Crippen molar-refractivity contribution in [2.75, 3.05) is 9.80 Å². The molecule has 1 spiro atoms. The van der Waals surface area contributed by atoms with Crippen molar-refractivity contribution in [1.82, 2.24) is 0 Å². The van der Waals surface area contributed by atoms with E-state index in [1.165, 1.54) is 99.9 Å². The molecule has 0 amide bonds. The van der Waals surface area contributed by atoms with E-state index in [1.807, 2.05) is 34.0 Å². The Morgan fingerprint density at radius 2 is 0.809 bits per heavy atom. The summed E-state index contributed by atoms with van der Waals surface area (Å²) in [5.74, 6) is 0. The summed E-state index contributed by atoms with van der Waals surface area (Å²) in [5.41, 5.74) is 15.5. The first-order valence-electron chi connectivity index (χ1n) is 23.2. The standard InChI is InChI=1S/C63H38N2S3/c1-3-16-39(17-4-1)64(41-32-35-59-51(36-41)47-22-9-12-27-56(47)66-59)42-30-33-45-44-20-7-11-25-52(44)63(53(45)37-42)54-38-43(31-34-49(54)60-50-23-10-14-29-58(50)68-62(60)63)65(40-18-5-2-6-19-40)55-26-15-24-48-46-21-8-13-28-57(46)67-61(48)55/h1-38H. The summed E-state index contributed by atoms with van der Waals surface area (Å²) >= 11 is 5.71. The number of para-hydroxylation sites is 2. The number of benzene rings is 10. The van der Waals surface area contributed by atoms with Crippen molar-refractivity contribution < 1.29 is 0 Å². The van der Waals surface area contributed by atoms with Crippen LogP contribution in [-0.2, 0) is 5.41 Å². The van der Waals surface area contributed by atoms with Crippen LogP contribution < -0.4 is 9.80 Å². The summed E-state index contributed by atoms with van der Waals surface area (Å²) in [6, 6.07) is 86.2. The number of nitrogens with zero attached hydrogens (tertiary/aromatic N) is 2. The molecule has 318 valence electrons. The lowest BCUT2D eigenvalue weighted by Gasteiger charge is -2.33. The third-order valence-electron chi connectivity index (χ3n) is 14.4. The second kappa shape index (κ2) is 14.6. The summed E-state index contributed by atoms with van der Waals surface area (Å²) in [6.45, 7) is 0. The molecular formula is C63H38N2S3. The lowest BCUT2D eigenvalue weighted by molar-refractivity contribution is 0.811. The Kier molecular flexibility index (Phi) is 8.23. The Hall–Kier alpha value is -7.80. The van der Waals surface area contributed by atoms with Crippen LogP contribution in [0.1, 0.15) is 21.6 Å². The number of fused-ring (bicyclic) bond motifs is 18. The summed E-state index contributed by atoms with van der Waals surface area (Å²) in [4.78, 5) is 6.35. The van der Waals surface area contributed by atoms with E-state index in [9.17, 15) is 0 Å². The lowest BCUT2D eigenvalue weighted by Crippen LogP contribution is -2.25. The minimum Gasteiger partial charge on any atom is -0.310 e. The zero-order valence-corrected chi connectivity index (χ0v) is 39.0. The molecule has 68 heavy (non-hydrogen) atoms. The second-order valence-electron chi connectivity index (χ2n) is 17.9. The van der Waals surface area contributed by atoms with Gasteiger partial charge in [-0.1, -0.05) is 140 Å². The van der Waals surface area contributed by atoms with Gasteiger partial charge in [-0.15, -0.1) is 34.0 Å². The van der Waals surface area contributed by atoms with E-state index in [4.69, 9.17) is 0 Å². The van der Waals surface area contributed by atoms with Gasteiger partial charge in [-0.3, -0.25) is 0 Å². The average Bonchev–Trinajstić information content (AvgIpc) is 4.20. The summed E-state index contributed by atoms with van der Waals surface area (Å²) in [7, 11) is 0. The number of rotatable bonds is 6. The van der Waals surface area contributed by atoms with E-state index >= 15 is 0 Å². The van der Waals surface area contributed by atoms with Crippen LogP contribution in [0.5, 0.6) is 0 Å². The van der Waals surface area contributed by atoms with Gasteiger partial charge in [0, 0.05) is 84.6 Å². The van der Waals surface area contributed by atoms with Crippen LogP contribution in [0.3, 0.4) is 0 Å². The highest BCUT2D eigenvalue weighted by molar-refractivity contribution is 7.26. The van der Waals surface area contributed by atoms with E-state index in [2.05, 4.69) is 240 Å². The molecule has 1 unspecified atom stereocenters. The first-order valence-corrected chi connectivity index (χ1v) is 25.6. The molecule has 13 aromatic rings. The molecule has 0 bridgehead atoms. The zero-order valence-electron chi connectivity index (χ0n) is 36.6. The molecule has 5 heteroatoms. The first kappa shape index (κ1) is 38.3. The van der Waals surface area contributed by atoms with Gasteiger partial charge in [-0.2, -0.15) is 0 Å². The molecule has 2 nitrogen and oxygen atoms in total. The topological polar surface area (TPSA) is 6.48 Å². The fourth-order valence-corrected chi connectivity index (χ4v) is 15.4. The predicted molar refractivity (Wildman–Crippen MR) is 293 cm³/mol. The SMILES string of the molecule is c1ccc(N(c2ccc3c(c2)C2(c4ccccc4-3)c3cc(N(c4ccccc4)c4cccc5c4sc4ccccc45)ccc3-c3c2sc2ccccc32)c2ccc3sc4ccccc4c3c2)cc1. The van der Waals surface area contributed by atoms with E-state index in [0.29, 0.717) is 0 Å². The van der Waals surface area contributed by atoms with Crippen molar-refractivity contribution in [3.63, 3.8) is 0 Å². The average molecular weight is 919 g/mol. The fraction of sp³-hybridized carbons (Fsp3) is 0.0159. The maximum atomic E-state index is 2.54. The molecule has 10 aromatic carbocycles. The van der Waals surface area contributed by atoms with E-state index < -0.39 is 5.41 Å². The van der Waals surface area contributed by atoms with Crippen molar-refractivity contribution in [2.24, 2.45) is 0 Å². The van der Waals surface area contributed by atoms with Crippen molar-refractivity contribution in [3.05, 3.63) is 252 Å². The first-order chi connectivity index (χ1) is 33.7. The lowest BCUT2D eigenvalue weighted by atomic mass is 9.73. The Morgan fingerprint density at radius 1 is 0.294 bits per heavy atom. The van der Waals surface area contributed by atoms with E-state index in [1.54, 1.807) is 0 Å². The Labute approximate surface area is 405 Å². The smallest absolute Gasteiger partial charge is 0.0820 e. The van der Waals surface area contributed by atoms with E-state index in [0.717, 1.165) is 28.4 Å². The van der Waals surface area contributed by atoms with Crippen LogP contribution in [-0.4, -0.2) is 0 Å². The molecule has 2 aliphatic carbocycles. The zero-order chi connectivity index (χ0) is 44.5. The van der Waals surface area contributed by atoms with Crippen LogP contribution >= 0.6 is 34.0 Å². The van der Waals surface area contributed by atoms with Crippen LogP contribution in [0.4, 0.5) is 34.1 Å². The summed E-state index contributed by atoms with van der Waals surface area (Å²) in [5, 5.41) is 6.49. The van der Waals surface area contributed by atoms with Gasteiger partial charge < -0.3 is 9.80 Å². The minimum atomic E-state index is -0.575. The van der Waals surface area contributed by atoms with Crippen LogP contribution in [0.25, 0.3) is 72.7 Å². The van der Waals surface area contributed by atoms with E-state index in [-0.39, 0.29) is 0 Å². The quantitative estimate of drug-likeness (QED) is 0.164. The fourth-order valence-electron chi connectivity index (χ4n) is 11.6. The Bertz CT molecular complexity index is 4180. The maximum Gasteiger partial charge on any atom is 0.0820 e. The molecule has 0 fully saturated rings. The summed E-state index contributed by atoms with van der Waals surface area (Å²) < 4.78 is 6.52. The molecule has 0 aliphatic heterocycles. The third kappa shape index (κ3) is 5.32. The number of thiophene rings is 3. The van der Waals surface area contributed by atoms with Crippen molar-refractivity contribution >= 4 is 119 Å². The monoisotopic (exact) mass is 918 g/mol. The van der Waals surface area contributed by atoms with Gasteiger partial charge in [0.1, 0.15) is 0 Å². The van der Waals surface area contributed by atoms with Gasteiger partial charge in [0.05, 0.1) is 15.8 Å². The van der Waals surface area contributed by atoms with Crippen LogP contribution in [0.2, 0.25) is 0 Å². The Morgan fingerprint density at radius 3 is 1.57 bits per heavy atom.